The van der Waals surface area contributed by atoms with Crippen molar-refractivity contribution in [1.82, 2.24) is 0 Å². The molecular weight excluding hydrogens is 428 g/mol. The van der Waals surface area contributed by atoms with E-state index >= 15 is 0 Å². The van der Waals surface area contributed by atoms with Crippen LogP contribution in [-0.4, -0.2) is 0 Å². The SMILES string of the molecule is Cc1ccc(C2(C)Oc3ccc4ccccc4c3-c3c(ccc4cc(C(C)(C)C)ccc34)O2)cc1. The molecule has 0 saturated carbocycles. The summed E-state index contributed by atoms with van der Waals surface area (Å²) in [5, 5.41) is 4.72. The summed E-state index contributed by atoms with van der Waals surface area (Å²) in [5.74, 6) is 0.701. The fourth-order valence-corrected chi connectivity index (χ4v) is 5.13. The molecular formula is C33H30O2. The average molecular weight is 459 g/mol. The molecule has 0 bridgehead atoms. The molecule has 2 heteroatoms. The van der Waals surface area contributed by atoms with Crippen molar-refractivity contribution in [2.45, 2.75) is 45.8 Å². The van der Waals surface area contributed by atoms with Gasteiger partial charge in [0.2, 0.25) is 0 Å². The molecule has 0 N–H and O–H groups in total. The van der Waals surface area contributed by atoms with Crippen LogP contribution in [-0.2, 0) is 11.2 Å². The first-order valence-corrected chi connectivity index (χ1v) is 12.3. The highest BCUT2D eigenvalue weighted by atomic mass is 16.7. The van der Waals surface area contributed by atoms with Crippen molar-refractivity contribution in [1.29, 1.82) is 0 Å². The summed E-state index contributed by atoms with van der Waals surface area (Å²) in [6.07, 6.45) is 0. The highest BCUT2D eigenvalue weighted by Gasteiger charge is 2.37. The van der Waals surface area contributed by atoms with Crippen molar-refractivity contribution < 1.29 is 9.47 Å². The Hall–Kier alpha value is -3.78. The number of hydrogen-bond donors (Lipinski definition) is 0. The second-order valence-corrected chi connectivity index (χ2v) is 10.8. The Morgan fingerprint density at radius 2 is 1.23 bits per heavy atom. The molecule has 1 unspecified atom stereocenters. The zero-order chi connectivity index (χ0) is 24.4. The number of aryl methyl sites for hydroxylation is 1. The van der Waals surface area contributed by atoms with E-state index in [0.717, 1.165) is 33.6 Å². The minimum absolute atomic E-state index is 0.0786. The molecule has 0 spiro atoms. The Morgan fingerprint density at radius 3 is 1.89 bits per heavy atom. The number of ether oxygens (including phenoxy) is 2. The minimum Gasteiger partial charge on any atom is -0.448 e. The van der Waals surface area contributed by atoms with Gasteiger partial charge in [0.1, 0.15) is 11.5 Å². The maximum absolute atomic E-state index is 6.79. The largest absolute Gasteiger partial charge is 0.448 e. The number of rotatable bonds is 1. The highest BCUT2D eigenvalue weighted by molar-refractivity contribution is 6.10. The fourth-order valence-electron chi connectivity index (χ4n) is 5.13. The first kappa shape index (κ1) is 21.7. The predicted molar refractivity (Wildman–Crippen MR) is 145 cm³/mol. The molecule has 0 aromatic heterocycles. The Kier molecular flexibility index (Phi) is 4.73. The van der Waals surface area contributed by atoms with E-state index in [1.54, 1.807) is 0 Å². The lowest BCUT2D eigenvalue weighted by molar-refractivity contribution is -0.102. The van der Waals surface area contributed by atoms with Gasteiger partial charge in [-0.2, -0.15) is 0 Å². The smallest absolute Gasteiger partial charge is 0.275 e. The summed E-state index contributed by atoms with van der Waals surface area (Å²) < 4.78 is 13.6. The van der Waals surface area contributed by atoms with Crippen LogP contribution in [0.1, 0.15) is 44.4 Å². The van der Waals surface area contributed by atoms with Crippen LogP contribution in [0.25, 0.3) is 32.7 Å². The van der Waals surface area contributed by atoms with Gasteiger partial charge in [-0.05, 0) is 51.6 Å². The summed E-state index contributed by atoms with van der Waals surface area (Å²) in [7, 11) is 0. The molecule has 0 radical (unpaired) electrons. The molecule has 35 heavy (non-hydrogen) atoms. The predicted octanol–water partition coefficient (Wildman–Crippen LogP) is 8.91. The van der Waals surface area contributed by atoms with Gasteiger partial charge in [0.25, 0.3) is 5.79 Å². The van der Waals surface area contributed by atoms with Gasteiger partial charge in [0.15, 0.2) is 0 Å². The van der Waals surface area contributed by atoms with Crippen LogP contribution in [0.3, 0.4) is 0 Å². The summed E-state index contributed by atoms with van der Waals surface area (Å²) in [6, 6.07) is 32.2. The van der Waals surface area contributed by atoms with E-state index < -0.39 is 5.79 Å². The maximum Gasteiger partial charge on any atom is 0.275 e. The summed E-state index contributed by atoms with van der Waals surface area (Å²) in [4.78, 5) is 0. The summed E-state index contributed by atoms with van der Waals surface area (Å²) in [6.45, 7) is 10.9. The second-order valence-electron chi connectivity index (χ2n) is 10.8. The van der Waals surface area contributed by atoms with Crippen LogP contribution >= 0.6 is 0 Å². The van der Waals surface area contributed by atoms with Crippen LogP contribution in [0.4, 0.5) is 0 Å². The van der Waals surface area contributed by atoms with E-state index in [1.165, 1.54) is 27.3 Å². The molecule has 6 rings (SSSR count). The highest BCUT2D eigenvalue weighted by Crippen LogP contribution is 2.51. The van der Waals surface area contributed by atoms with Gasteiger partial charge < -0.3 is 9.47 Å². The zero-order valence-corrected chi connectivity index (χ0v) is 21.0. The van der Waals surface area contributed by atoms with E-state index in [9.17, 15) is 0 Å². The number of fused-ring (bicyclic) bond motifs is 7. The molecule has 174 valence electrons. The molecule has 0 aliphatic carbocycles. The lowest BCUT2D eigenvalue weighted by atomic mass is 9.84. The molecule has 5 aromatic rings. The molecule has 0 saturated heterocycles. The standard InChI is InChI=1S/C33H30O2/c1-21-10-14-24(15-11-21)33(5)34-28-18-12-22-8-6-7-9-26(22)30(28)31-27-17-16-25(32(2,3)4)20-23(27)13-19-29(31)35-33/h6-20H,1-5H3. The maximum atomic E-state index is 6.79. The van der Waals surface area contributed by atoms with Crippen molar-refractivity contribution in [2.75, 3.05) is 0 Å². The molecule has 1 heterocycles. The molecule has 0 amide bonds. The zero-order valence-electron chi connectivity index (χ0n) is 21.0. The van der Waals surface area contributed by atoms with E-state index in [-0.39, 0.29) is 5.41 Å². The molecule has 5 aromatic carbocycles. The summed E-state index contributed by atoms with van der Waals surface area (Å²) >= 11 is 0. The lowest BCUT2D eigenvalue weighted by Gasteiger charge is -2.30. The van der Waals surface area contributed by atoms with Gasteiger partial charge in [0, 0.05) is 23.6 Å². The Morgan fingerprint density at radius 1 is 0.629 bits per heavy atom. The Labute approximate surface area is 207 Å². The number of benzene rings is 5. The Bertz CT molecular complexity index is 1590. The average Bonchev–Trinajstić information content (AvgIpc) is 2.97. The monoisotopic (exact) mass is 458 g/mol. The normalized spacial score (nSPS) is 17.3. The minimum atomic E-state index is -0.963. The van der Waals surface area contributed by atoms with Crippen molar-refractivity contribution in [3.8, 4) is 22.6 Å². The van der Waals surface area contributed by atoms with Gasteiger partial charge in [-0.1, -0.05) is 105 Å². The molecule has 1 aliphatic heterocycles. The molecule has 1 atom stereocenters. The van der Waals surface area contributed by atoms with E-state index in [4.69, 9.17) is 9.47 Å². The third kappa shape index (κ3) is 3.56. The lowest BCUT2D eigenvalue weighted by Crippen LogP contribution is -2.35. The van der Waals surface area contributed by atoms with Crippen LogP contribution in [0.15, 0.2) is 91.0 Å². The van der Waals surface area contributed by atoms with Crippen molar-refractivity contribution >= 4 is 21.5 Å². The van der Waals surface area contributed by atoms with Crippen LogP contribution in [0.5, 0.6) is 11.5 Å². The molecule has 0 fully saturated rings. The van der Waals surface area contributed by atoms with Crippen LogP contribution in [0, 0.1) is 6.92 Å². The Balaban J connectivity index is 1.69. The first-order chi connectivity index (χ1) is 16.7. The molecule has 2 nitrogen and oxygen atoms in total. The topological polar surface area (TPSA) is 18.5 Å². The van der Waals surface area contributed by atoms with Crippen LogP contribution in [0.2, 0.25) is 0 Å². The van der Waals surface area contributed by atoms with Crippen LogP contribution < -0.4 is 9.47 Å². The van der Waals surface area contributed by atoms with Crippen molar-refractivity contribution in [2.24, 2.45) is 0 Å². The first-order valence-electron chi connectivity index (χ1n) is 12.3. The quantitative estimate of drug-likeness (QED) is 0.250. The number of hydrogen-bond acceptors (Lipinski definition) is 2. The molecule has 1 aliphatic rings. The van der Waals surface area contributed by atoms with Gasteiger partial charge in [0.05, 0.1) is 0 Å². The third-order valence-electron chi connectivity index (χ3n) is 7.17. The third-order valence-corrected chi connectivity index (χ3v) is 7.17. The summed E-state index contributed by atoms with van der Waals surface area (Å²) in [5.41, 5.74) is 5.76. The second kappa shape index (κ2) is 7.61. The van der Waals surface area contributed by atoms with Gasteiger partial charge in [-0.15, -0.1) is 0 Å². The van der Waals surface area contributed by atoms with E-state index in [2.05, 4.69) is 119 Å². The fraction of sp³-hybridized carbons (Fsp3) is 0.212. The van der Waals surface area contributed by atoms with Gasteiger partial charge in [-0.3, -0.25) is 0 Å². The van der Waals surface area contributed by atoms with Crippen molar-refractivity contribution in [3.63, 3.8) is 0 Å². The van der Waals surface area contributed by atoms with Crippen molar-refractivity contribution in [3.05, 3.63) is 108 Å². The van der Waals surface area contributed by atoms with Gasteiger partial charge in [-0.25, -0.2) is 0 Å². The van der Waals surface area contributed by atoms with Gasteiger partial charge >= 0.3 is 0 Å². The van der Waals surface area contributed by atoms with E-state index in [1.807, 2.05) is 6.92 Å². The van der Waals surface area contributed by atoms with E-state index in [0.29, 0.717) is 0 Å².